The number of allylic oxidation sites excluding steroid dienone is 1. The van der Waals surface area contributed by atoms with Crippen molar-refractivity contribution in [3.8, 4) is 16.9 Å². The number of rotatable bonds is 10. The number of carbonyl (C=O) groups excluding carboxylic acids is 1. The lowest BCUT2D eigenvalue weighted by molar-refractivity contribution is -0.153. The highest BCUT2D eigenvalue weighted by atomic mass is 16.6. The third-order valence-corrected chi connectivity index (χ3v) is 13.7. The predicted molar refractivity (Wildman–Crippen MR) is 196 cm³/mol. The highest BCUT2D eigenvalue weighted by Crippen LogP contribution is 2.67. The molecule has 0 bridgehead atoms. The van der Waals surface area contributed by atoms with Crippen molar-refractivity contribution >= 4 is 16.9 Å². The third-order valence-electron chi connectivity index (χ3n) is 13.7. The minimum absolute atomic E-state index is 0.105. The van der Waals surface area contributed by atoms with E-state index in [0.29, 0.717) is 16.7 Å². The summed E-state index contributed by atoms with van der Waals surface area (Å²) in [5.41, 5.74) is 3.99. The summed E-state index contributed by atoms with van der Waals surface area (Å²) in [5.74, 6) is 5.02. The molecule has 0 spiro atoms. The van der Waals surface area contributed by atoms with Crippen molar-refractivity contribution in [2.75, 3.05) is 6.61 Å². The van der Waals surface area contributed by atoms with E-state index in [9.17, 15) is 9.59 Å². The van der Waals surface area contributed by atoms with E-state index in [2.05, 4.69) is 40.7 Å². The zero-order valence-corrected chi connectivity index (χ0v) is 30.3. The Balaban J connectivity index is 0.959. The maximum Gasteiger partial charge on any atom is 0.344 e. The number of hydrogen-bond acceptors (Lipinski definition) is 5. The minimum atomic E-state index is -0.424. The molecule has 5 nitrogen and oxygen atoms in total. The normalized spacial score (nSPS) is 31.4. The van der Waals surface area contributed by atoms with Crippen molar-refractivity contribution in [3.05, 3.63) is 76.7 Å². The lowest BCUT2D eigenvalue weighted by atomic mass is 9.47. The van der Waals surface area contributed by atoms with Crippen molar-refractivity contribution in [2.45, 2.75) is 111 Å². The molecule has 8 atom stereocenters. The Kier molecular flexibility index (Phi) is 9.58. The van der Waals surface area contributed by atoms with Gasteiger partial charge in [-0.05, 0) is 115 Å². The van der Waals surface area contributed by atoms with Gasteiger partial charge in [0.25, 0.3) is 0 Å². The molecule has 3 aromatic rings. The number of carbonyl (C=O) groups is 1. The van der Waals surface area contributed by atoms with Gasteiger partial charge in [0.15, 0.2) is 6.61 Å². The van der Waals surface area contributed by atoms with Crippen LogP contribution in [0, 0.1) is 46.3 Å². The summed E-state index contributed by atoms with van der Waals surface area (Å²) in [6.07, 6.45) is 16.2. The Labute approximate surface area is 292 Å². The van der Waals surface area contributed by atoms with Gasteiger partial charge in [-0.1, -0.05) is 95.9 Å². The van der Waals surface area contributed by atoms with Gasteiger partial charge in [-0.3, -0.25) is 0 Å². The lowest BCUT2D eigenvalue weighted by Gasteiger charge is -2.58. The van der Waals surface area contributed by atoms with Crippen molar-refractivity contribution in [2.24, 2.45) is 46.3 Å². The fourth-order valence-corrected chi connectivity index (χ4v) is 11.2. The molecular weight excluding hydrogens is 608 g/mol. The molecule has 0 N–H and O–H groups in total. The van der Waals surface area contributed by atoms with Crippen LogP contribution in [0.2, 0.25) is 0 Å². The van der Waals surface area contributed by atoms with Crippen molar-refractivity contribution in [1.82, 2.24) is 0 Å². The van der Waals surface area contributed by atoms with Crippen molar-refractivity contribution in [3.63, 3.8) is 0 Å². The largest absolute Gasteiger partial charge is 0.482 e. The van der Waals surface area contributed by atoms with Gasteiger partial charge in [-0.15, -0.1) is 0 Å². The summed E-state index contributed by atoms with van der Waals surface area (Å²) < 4.78 is 17.4. The van der Waals surface area contributed by atoms with E-state index in [0.717, 1.165) is 71.3 Å². The van der Waals surface area contributed by atoms with Crippen LogP contribution >= 0.6 is 0 Å². The Bertz CT molecular complexity index is 1740. The fraction of sp³-hybridized carbons (Fsp3) is 0.591. The molecule has 1 heterocycles. The first-order chi connectivity index (χ1) is 23.5. The molecule has 7 rings (SSSR count). The smallest absolute Gasteiger partial charge is 0.344 e. The molecule has 49 heavy (non-hydrogen) atoms. The van der Waals surface area contributed by atoms with Crippen LogP contribution < -0.4 is 10.4 Å². The van der Waals surface area contributed by atoms with Gasteiger partial charge in [0.1, 0.15) is 17.4 Å². The van der Waals surface area contributed by atoms with Gasteiger partial charge >= 0.3 is 11.6 Å². The molecule has 262 valence electrons. The maximum absolute atomic E-state index is 13.0. The predicted octanol–water partition coefficient (Wildman–Crippen LogP) is 10.8. The van der Waals surface area contributed by atoms with Gasteiger partial charge in [0, 0.05) is 23.9 Å². The Morgan fingerprint density at radius 1 is 0.939 bits per heavy atom. The standard InChI is InChI=1S/C44H56O5/c1-28(2)10-9-11-29(3)37-18-19-38-35-16-14-31-24-33(20-22-43(31,4)39(35)21-23-44(37,38)5)48-42(46)27-47-32-15-17-34-36(30-12-7-6-8-13-30)26-41(45)49-40(34)25-32/h6-8,12-15,17,25-26,28-29,33,35,37-39H,9-11,16,18-24,27H2,1-5H3/t29-,33+,35+,37-,38+,39+,43+,44-/m1/s1. The number of benzene rings is 2. The summed E-state index contributed by atoms with van der Waals surface area (Å²) in [6, 6.07) is 16.7. The van der Waals surface area contributed by atoms with Crippen LogP contribution in [0.5, 0.6) is 5.75 Å². The van der Waals surface area contributed by atoms with Crippen LogP contribution in [-0.4, -0.2) is 18.7 Å². The Morgan fingerprint density at radius 2 is 1.76 bits per heavy atom. The molecule has 0 aliphatic heterocycles. The Morgan fingerprint density at radius 3 is 2.55 bits per heavy atom. The first-order valence-electron chi connectivity index (χ1n) is 19.2. The van der Waals surface area contributed by atoms with Crippen LogP contribution in [0.25, 0.3) is 22.1 Å². The van der Waals surface area contributed by atoms with E-state index in [-0.39, 0.29) is 24.1 Å². The van der Waals surface area contributed by atoms with Crippen LogP contribution in [0.15, 0.2) is 75.5 Å². The summed E-state index contributed by atoms with van der Waals surface area (Å²) in [6.45, 7) is 12.3. The monoisotopic (exact) mass is 664 g/mol. The molecule has 0 amide bonds. The van der Waals surface area contributed by atoms with Crippen LogP contribution in [0.4, 0.5) is 0 Å². The molecule has 0 saturated heterocycles. The first kappa shape index (κ1) is 34.1. The van der Waals surface area contributed by atoms with E-state index in [1.165, 1.54) is 63.0 Å². The zero-order valence-electron chi connectivity index (χ0n) is 30.3. The second kappa shape index (κ2) is 13.8. The quantitative estimate of drug-likeness (QED) is 0.123. The minimum Gasteiger partial charge on any atom is -0.482 e. The molecule has 2 aromatic carbocycles. The van der Waals surface area contributed by atoms with Gasteiger partial charge in [0.2, 0.25) is 0 Å². The Hall–Kier alpha value is -3.34. The summed E-state index contributed by atoms with van der Waals surface area (Å²) in [4.78, 5) is 25.4. The zero-order chi connectivity index (χ0) is 34.3. The summed E-state index contributed by atoms with van der Waals surface area (Å²) >= 11 is 0. The molecular formula is C44H56O5. The van der Waals surface area contributed by atoms with Crippen LogP contribution in [0.1, 0.15) is 105 Å². The second-order valence-corrected chi connectivity index (χ2v) is 16.9. The summed E-state index contributed by atoms with van der Waals surface area (Å²) in [7, 11) is 0. The number of hydrogen-bond donors (Lipinski definition) is 0. The molecule has 4 aliphatic rings. The highest BCUT2D eigenvalue weighted by Gasteiger charge is 2.59. The molecule has 3 saturated carbocycles. The number of ether oxygens (including phenoxy) is 2. The van der Waals surface area contributed by atoms with E-state index in [1.54, 1.807) is 6.07 Å². The van der Waals surface area contributed by atoms with Crippen molar-refractivity contribution in [1.29, 1.82) is 0 Å². The topological polar surface area (TPSA) is 65.7 Å². The maximum atomic E-state index is 13.0. The average Bonchev–Trinajstić information content (AvgIpc) is 3.44. The third kappa shape index (κ3) is 6.64. The van der Waals surface area contributed by atoms with Crippen LogP contribution in [0.3, 0.4) is 0 Å². The van der Waals surface area contributed by atoms with E-state index < -0.39 is 5.63 Å². The molecule has 3 fully saturated rings. The van der Waals surface area contributed by atoms with Gasteiger partial charge < -0.3 is 13.9 Å². The average molecular weight is 665 g/mol. The number of esters is 1. The van der Waals surface area contributed by atoms with Crippen molar-refractivity contribution < 1.29 is 18.7 Å². The van der Waals surface area contributed by atoms with Crippen LogP contribution in [-0.2, 0) is 9.53 Å². The molecule has 1 aromatic heterocycles. The fourth-order valence-electron chi connectivity index (χ4n) is 11.2. The lowest BCUT2D eigenvalue weighted by Crippen LogP contribution is -2.51. The second-order valence-electron chi connectivity index (χ2n) is 16.9. The molecule has 5 heteroatoms. The first-order valence-corrected chi connectivity index (χ1v) is 19.2. The van der Waals surface area contributed by atoms with E-state index >= 15 is 0 Å². The van der Waals surface area contributed by atoms with Gasteiger partial charge in [-0.25, -0.2) is 9.59 Å². The van der Waals surface area contributed by atoms with E-state index in [4.69, 9.17) is 13.9 Å². The van der Waals surface area contributed by atoms with Gasteiger partial charge in [0.05, 0.1) is 0 Å². The molecule has 4 aliphatic carbocycles. The molecule has 0 radical (unpaired) electrons. The van der Waals surface area contributed by atoms with Gasteiger partial charge in [-0.2, -0.15) is 0 Å². The highest BCUT2D eigenvalue weighted by molar-refractivity contribution is 5.93. The SMILES string of the molecule is CC(C)CCC[C@@H](C)[C@H]1CC[C@H]2[C@@H]3CC=C4C[C@@H](OC(=O)COc5ccc6c(-c7ccccc7)cc(=O)oc6c5)CC[C@]4(C)[C@H]3CC[C@]12C. The molecule has 0 unspecified atom stereocenters. The summed E-state index contributed by atoms with van der Waals surface area (Å²) in [5, 5.41) is 0.816. The van der Waals surface area contributed by atoms with E-state index in [1.807, 2.05) is 42.5 Å². The number of fused-ring (bicyclic) bond motifs is 6.